The average Bonchev–Trinajstić information content (AvgIpc) is 2.61. The zero-order valence-electron chi connectivity index (χ0n) is 13.0. The van der Waals surface area contributed by atoms with Crippen LogP contribution in [0.1, 0.15) is 31.8 Å². The van der Waals surface area contributed by atoms with E-state index in [0.717, 1.165) is 0 Å². The zero-order valence-corrected chi connectivity index (χ0v) is 13.0. The summed E-state index contributed by atoms with van der Waals surface area (Å²) in [6, 6.07) is 1.07. The van der Waals surface area contributed by atoms with Gasteiger partial charge in [-0.2, -0.15) is 0 Å². The summed E-state index contributed by atoms with van der Waals surface area (Å²) < 4.78 is 113. The first kappa shape index (κ1) is 19.7. The molecule has 0 unspecified atom stereocenters. The van der Waals surface area contributed by atoms with Gasteiger partial charge >= 0.3 is 14.9 Å². The highest BCUT2D eigenvalue weighted by Crippen LogP contribution is 2.41. The number of carbonyl (C=O) groups is 2. The van der Waals surface area contributed by atoms with Gasteiger partial charge in [0.15, 0.2) is 23.3 Å². The van der Waals surface area contributed by atoms with Gasteiger partial charge in [0.25, 0.3) is 0 Å². The molecule has 144 valence electrons. The summed E-state index contributed by atoms with van der Waals surface area (Å²) in [5.41, 5.74) is -5.58. The molecule has 0 amide bonds. The first-order chi connectivity index (χ1) is 13.1. The van der Waals surface area contributed by atoms with Crippen molar-refractivity contribution in [2.45, 2.75) is 0 Å². The number of hydrogen-bond acceptors (Lipinski definition) is 4. The molecule has 2 aromatic rings. The molecule has 1 aliphatic carbocycles. The van der Waals surface area contributed by atoms with Crippen LogP contribution in [-0.2, 0) is 0 Å². The van der Waals surface area contributed by atoms with Crippen molar-refractivity contribution in [2.75, 3.05) is 0 Å². The third kappa shape index (κ3) is 2.88. The van der Waals surface area contributed by atoms with E-state index >= 15 is 0 Å². The van der Waals surface area contributed by atoms with Crippen molar-refractivity contribution < 1.29 is 53.7 Å². The van der Waals surface area contributed by atoms with E-state index in [-0.39, 0.29) is 0 Å². The highest BCUT2D eigenvalue weighted by molar-refractivity contribution is 6.37. The number of carbonyl (C=O) groups excluding carboxylic acids is 2. The molecule has 0 heterocycles. The van der Waals surface area contributed by atoms with Crippen LogP contribution in [0.3, 0.4) is 0 Å². The molecule has 4 nitrogen and oxygen atoms in total. The van der Waals surface area contributed by atoms with E-state index in [1.165, 1.54) is 0 Å². The third-order valence-corrected chi connectivity index (χ3v) is 3.74. The first-order valence-electron chi connectivity index (χ1n) is 7.08. The lowest BCUT2D eigenvalue weighted by atomic mass is 9.82. The topological polar surface area (TPSA) is 52.6 Å². The van der Waals surface area contributed by atoms with Crippen LogP contribution >= 0.6 is 0 Å². The van der Waals surface area contributed by atoms with Gasteiger partial charge in [-0.3, -0.25) is 9.59 Å². The summed E-state index contributed by atoms with van der Waals surface area (Å²) in [6.45, 7) is 0. The van der Waals surface area contributed by atoms with E-state index < -0.39 is 83.5 Å². The number of fused-ring (bicyclic) bond motifs is 2. The Labute approximate surface area is 150 Å². The molecule has 1 aliphatic rings. The van der Waals surface area contributed by atoms with Crippen LogP contribution in [0.2, 0.25) is 0 Å². The van der Waals surface area contributed by atoms with Crippen molar-refractivity contribution in [3.63, 3.8) is 0 Å². The molecule has 0 fully saturated rings. The number of ketones is 2. The Balaban J connectivity index is 2.39. The predicted molar refractivity (Wildman–Crippen MR) is 76.8 cm³/mol. The Morgan fingerprint density at radius 1 is 0.571 bits per heavy atom. The molecule has 3 rings (SSSR count). The third-order valence-electron chi connectivity index (χ3n) is 3.74. The Morgan fingerprint density at radius 3 is 1.18 bits per heavy atom. The fraction of sp³-hybridized carbons (Fsp3) is 0. The fourth-order valence-corrected chi connectivity index (χ4v) is 2.71. The Bertz CT molecular complexity index is 947. The maximum absolute atomic E-state index is 14.1. The predicted octanol–water partition coefficient (Wildman–Crippen LogP) is 3.62. The summed E-state index contributed by atoms with van der Waals surface area (Å²) >= 11 is 0. The average molecular weight is 408 g/mol. The van der Waals surface area contributed by atoms with Crippen molar-refractivity contribution in [3.05, 3.63) is 57.7 Å². The molecule has 0 spiro atoms. The van der Waals surface area contributed by atoms with Gasteiger partial charge in [0, 0.05) is 0 Å². The lowest BCUT2D eigenvalue weighted by molar-refractivity contribution is 0.0965. The molecule has 2 aromatic carbocycles. The van der Waals surface area contributed by atoms with Crippen molar-refractivity contribution in [3.8, 4) is 11.5 Å². The van der Waals surface area contributed by atoms with Crippen LogP contribution in [0.5, 0.6) is 11.5 Å². The molecule has 0 radical (unpaired) electrons. The second-order valence-corrected chi connectivity index (χ2v) is 5.23. The summed E-state index contributed by atoms with van der Waals surface area (Å²) in [7, 11) is -7.14. The van der Waals surface area contributed by atoms with Crippen molar-refractivity contribution >= 4 is 26.5 Å². The fourth-order valence-electron chi connectivity index (χ4n) is 2.71. The summed E-state index contributed by atoms with van der Waals surface area (Å²) in [5.74, 6) is -15.1. The molecular formula is C14H2B2F8O4. The normalized spacial score (nSPS) is 12.4. The molecule has 0 aliphatic heterocycles. The molecule has 14 heteroatoms. The Hall–Kier alpha value is -3.05. The van der Waals surface area contributed by atoms with E-state index in [0.29, 0.717) is 12.1 Å². The summed E-state index contributed by atoms with van der Waals surface area (Å²) in [4.78, 5) is 25.0. The number of hydrogen-bond donors (Lipinski definition) is 0. The molecule has 0 aromatic heterocycles. The maximum atomic E-state index is 14.1. The Kier molecular flexibility index (Phi) is 4.81. The van der Waals surface area contributed by atoms with Crippen LogP contribution in [0, 0.1) is 23.3 Å². The quantitative estimate of drug-likeness (QED) is 0.287. The molecular weight excluding hydrogens is 406 g/mol. The number of benzene rings is 2. The van der Waals surface area contributed by atoms with Crippen molar-refractivity contribution in [1.29, 1.82) is 0 Å². The van der Waals surface area contributed by atoms with E-state index in [1.54, 1.807) is 0 Å². The van der Waals surface area contributed by atoms with Gasteiger partial charge in [-0.05, 0) is 12.1 Å². The van der Waals surface area contributed by atoms with E-state index in [2.05, 4.69) is 9.31 Å². The first-order valence-corrected chi connectivity index (χ1v) is 7.08. The number of halogens is 8. The van der Waals surface area contributed by atoms with Gasteiger partial charge in [-0.15, -0.1) is 0 Å². The van der Waals surface area contributed by atoms with Crippen LogP contribution < -0.4 is 9.31 Å². The van der Waals surface area contributed by atoms with Gasteiger partial charge in [-0.25, -0.2) is 34.8 Å². The van der Waals surface area contributed by atoms with Crippen LogP contribution in [0.25, 0.3) is 0 Å². The van der Waals surface area contributed by atoms with Crippen LogP contribution in [0.15, 0.2) is 12.1 Å². The van der Waals surface area contributed by atoms with Crippen LogP contribution in [0.4, 0.5) is 34.8 Å². The molecule has 0 atom stereocenters. The van der Waals surface area contributed by atoms with Gasteiger partial charge < -0.3 is 9.31 Å². The van der Waals surface area contributed by atoms with Crippen LogP contribution in [-0.4, -0.2) is 26.5 Å². The maximum Gasteiger partial charge on any atom is 0.796 e. The second-order valence-electron chi connectivity index (χ2n) is 5.23. The lowest BCUT2D eigenvalue weighted by Gasteiger charge is -2.23. The SMILES string of the molecule is O=C1c2c(OB(F)F)ccc(OB(F)F)c2C(=O)c2c(F)c(F)c(F)c(F)c21. The minimum atomic E-state index is -3.57. The van der Waals surface area contributed by atoms with Gasteiger partial charge in [-0.1, -0.05) is 0 Å². The summed E-state index contributed by atoms with van der Waals surface area (Å²) in [5, 5.41) is 0. The van der Waals surface area contributed by atoms with E-state index in [1.807, 2.05) is 0 Å². The molecule has 0 bridgehead atoms. The van der Waals surface area contributed by atoms with Crippen molar-refractivity contribution in [2.24, 2.45) is 0 Å². The largest absolute Gasteiger partial charge is 0.796 e. The highest BCUT2D eigenvalue weighted by atomic mass is 19.2. The van der Waals surface area contributed by atoms with Gasteiger partial charge in [0.05, 0.1) is 22.3 Å². The zero-order chi connectivity index (χ0) is 20.9. The monoisotopic (exact) mass is 408 g/mol. The molecule has 0 saturated carbocycles. The molecule has 28 heavy (non-hydrogen) atoms. The van der Waals surface area contributed by atoms with Gasteiger partial charge in [0.1, 0.15) is 11.5 Å². The highest BCUT2D eigenvalue weighted by Gasteiger charge is 2.43. The second kappa shape index (κ2) is 6.84. The lowest BCUT2D eigenvalue weighted by Crippen LogP contribution is -2.28. The molecule has 0 saturated heterocycles. The smallest absolute Gasteiger partial charge is 0.505 e. The van der Waals surface area contributed by atoms with E-state index in [4.69, 9.17) is 0 Å². The molecule has 0 N–H and O–H groups in total. The standard InChI is InChI=1S/C14H2B2F8O4/c17-9-7-8(10(18)12(20)11(9)19)14(26)6-4(28-16(23)24)2-1-3(27-15(21)22)5(6)13(7)25/h1-2H. The minimum absolute atomic E-state index is 0.535. The van der Waals surface area contributed by atoms with Crippen molar-refractivity contribution in [1.82, 2.24) is 0 Å². The van der Waals surface area contributed by atoms with E-state index in [9.17, 15) is 44.4 Å². The number of rotatable bonds is 4. The Morgan fingerprint density at radius 2 is 0.893 bits per heavy atom. The minimum Gasteiger partial charge on any atom is -0.505 e. The van der Waals surface area contributed by atoms with Gasteiger partial charge in [0.2, 0.25) is 11.6 Å². The summed E-state index contributed by atoms with van der Waals surface area (Å²) in [6.07, 6.45) is 0.